The molecule has 1 heterocycles. The molecule has 1 aliphatic heterocycles. The number of carbonyl (C=O) groups is 1. The van der Waals surface area contributed by atoms with E-state index in [0.717, 1.165) is 0 Å². The van der Waals surface area contributed by atoms with Gasteiger partial charge in [-0.05, 0) is 58.4 Å². The van der Waals surface area contributed by atoms with Gasteiger partial charge in [-0.1, -0.05) is 0 Å². The number of carbonyl (C=O) groups excluding carboxylic acids is 1. The summed E-state index contributed by atoms with van der Waals surface area (Å²) in [6.45, 7) is 9.53. The first-order valence-corrected chi connectivity index (χ1v) is 9.90. The summed E-state index contributed by atoms with van der Waals surface area (Å²) in [5.74, 6) is 0. The molecule has 8 heteroatoms. The van der Waals surface area contributed by atoms with Gasteiger partial charge in [0.1, 0.15) is 5.60 Å². The Labute approximate surface area is 155 Å². The maximum atomic E-state index is 13.0. The van der Waals surface area contributed by atoms with E-state index in [2.05, 4.69) is 0 Å². The van der Waals surface area contributed by atoms with Crippen molar-refractivity contribution in [2.24, 2.45) is 0 Å². The third-order valence-electron chi connectivity index (χ3n) is 4.14. The van der Waals surface area contributed by atoms with Crippen LogP contribution in [0.5, 0.6) is 0 Å². The highest BCUT2D eigenvalue weighted by Gasteiger charge is 2.36. The van der Waals surface area contributed by atoms with E-state index in [-0.39, 0.29) is 30.6 Å². The predicted molar refractivity (Wildman–Crippen MR) is 97.1 cm³/mol. The first kappa shape index (κ1) is 20.2. The molecule has 142 valence electrons. The fourth-order valence-electron chi connectivity index (χ4n) is 2.88. The Morgan fingerprint density at radius 1 is 1.31 bits per heavy atom. The minimum Gasteiger partial charge on any atom is -0.444 e. The number of aryl methyl sites for hydroxylation is 1. The van der Waals surface area contributed by atoms with E-state index in [1.807, 2.05) is 6.07 Å². The zero-order valence-corrected chi connectivity index (χ0v) is 16.6. The standard InChI is InChI=1S/C18H25N3O4S/c1-13-10-15(11-19)6-7-16(13)26(23,24)20-8-9-21(14(2)12-20)17(22)25-18(3,4)5/h6-7,10,14H,8-9,12H2,1-5H3/t14-/m1/s1. The van der Waals surface area contributed by atoms with E-state index in [1.165, 1.54) is 16.4 Å². The van der Waals surface area contributed by atoms with Gasteiger partial charge < -0.3 is 9.64 Å². The molecule has 0 unspecified atom stereocenters. The Balaban J connectivity index is 2.17. The van der Waals surface area contributed by atoms with Crippen LogP contribution in [-0.2, 0) is 14.8 Å². The second kappa shape index (κ2) is 7.25. The normalized spacial score (nSPS) is 19.1. The SMILES string of the molecule is Cc1cc(C#N)ccc1S(=O)(=O)N1CCN(C(=O)OC(C)(C)C)[C@H](C)C1. The highest BCUT2D eigenvalue weighted by atomic mass is 32.2. The molecule has 26 heavy (non-hydrogen) atoms. The maximum Gasteiger partial charge on any atom is 0.410 e. The third kappa shape index (κ3) is 4.34. The smallest absolute Gasteiger partial charge is 0.410 e. The molecule has 1 aromatic carbocycles. The predicted octanol–water partition coefficient (Wildman–Crippen LogP) is 2.50. The van der Waals surface area contributed by atoms with Crippen LogP contribution < -0.4 is 0 Å². The summed E-state index contributed by atoms with van der Waals surface area (Å²) >= 11 is 0. The first-order chi connectivity index (χ1) is 12.0. The molecule has 0 saturated carbocycles. The third-order valence-corrected chi connectivity index (χ3v) is 6.17. The van der Waals surface area contributed by atoms with E-state index >= 15 is 0 Å². The molecule has 1 fully saturated rings. The van der Waals surface area contributed by atoms with Gasteiger partial charge in [0, 0.05) is 25.7 Å². The van der Waals surface area contributed by atoms with Crippen molar-refractivity contribution in [3.63, 3.8) is 0 Å². The van der Waals surface area contributed by atoms with E-state index in [1.54, 1.807) is 45.6 Å². The van der Waals surface area contributed by atoms with E-state index in [9.17, 15) is 13.2 Å². The van der Waals surface area contributed by atoms with Crippen LogP contribution in [0.2, 0.25) is 0 Å². The maximum absolute atomic E-state index is 13.0. The van der Waals surface area contributed by atoms with Crippen molar-refractivity contribution in [1.29, 1.82) is 5.26 Å². The molecule has 1 aromatic rings. The monoisotopic (exact) mass is 379 g/mol. The van der Waals surface area contributed by atoms with Crippen molar-refractivity contribution in [2.75, 3.05) is 19.6 Å². The van der Waals surface area contributed by atoms with Crippen molar-refractivity contribution in [1.82, 2.24) is 9.21 Å². The Kier molecular flexibility index (Phi) is 5.64. The van der Waals surface area contributed by atoms with Crippen molar-refractivity contribution in [2.45, 2.75) is 51.2 Å². The molecule has 0 aliphatic carbocycles. The van der Waals surface area contributed by atoms with Crippen molar-refractivity contribution in [3.8, 4) is 6.07 Å². The lowest BCUT2D eigenvalue weighted by atomic mass is 10.2. The molecular weight excluding hydrogens is 354 g/mol. The number of piperazine rings is 1. The molecule has 0 aromatic heterocycles. The highest BCUT2D eigenvalue weighted by molar-refractivity contribution is 7.89. The number of nitriles is 1. The van der Waals surface area contributed by atoms with E-state index < -0.39 is 21.7 Å². The number of rotatable bonds is 2. The topological polar surface area (TPSA) is 90.7 Å². The molecule has 1 amide bonds. The fourth-order valence-corrected chi connectivity index (χ4v) is 4.60. The van der Waals surface area contributed by atoms with Crippen LogP contribution >= 0.6 is 0 Å². The van der Waals surface area contributed by atoms with Gasteiger partial charge in [-0.2, -0.15) is 9.57 Å². The summed E-state index contributed by atoms with van der Waals surface area (Å²) < 4.78 is 32.7. The first-order valence-electron chi connectivity index (χ1n) is 8.46. The van der Waals surface area contributed by atoms with Crippen LogP contribution in [-0.4, -0.2) is 55.0 Å². The minimum atomic E-state index is -3.69. The van der Waals surface area contributed by atoms with E-state index in [4.69, 9.17) is 10.00 Å². The average molecular weight is 379 g/mol. The summed E-state index contributed by atoms with van der Waals surface area (Å²) in [6.07, 6.45) is -0.434. The molecule has 2 rings (SSSR count). The summed E-state index contributed by atoms with van der Waals surface area (Å²) in [7, 11) is -3.69. The number of hydrogen-bond donors (Lipinski definition) is 0. The zero-order valence-electron chi connectivity index (χ0n) is 15.8. The van der Waals surface area contributed by atoms with Crippen LogP contribution in [0.15, 0.2) is 23.1 Å². The highest BCUT2D eigenvalue weighted by Crippen LogP contribution is 2.24. The Bertz CT molecular complexity index is 837. The van der Waals surface area contributed by atoms with Crippen molar-refractivity contribution in [3.05, 3.63) is 29.3 Å². The quantitative estimate of drug-likeness (QED) is 0.787. The summed E-state index contributed by atoms with van der Waals surface area (Å²) in [4.78, 5) is 14.0. The molecule has 1 aliphatic rings. The average Bonchev–Trinajstić information content (AvgIpc) is 2.52. The summed E-state index contributed by atoms with van der Waals surface area (Å²) in [5, 5.41) is 8.94. The van der Waals surface area contributed by atoms with Gasteiger partial charge in [0.05, 0.1) is 16.5 Å². The van der Waals surface area contributed by atoms with Crippen molar-refractivity contribution < 1.29 is 17.9 Å². The molecule has 0 bridgehead atoms. The Hall–Kier alpha value is -2.11. The second-order valence-electron chi connectivity index (χ2n) is 7.48. The van der Waals surface area contributed by atoms with Gasteiger partial charge in [-0.25, -0.2) is 13.2 Å². The zero-order chi connectivity index (χ0) is 19.7. The fraction of sp³-hybridized carbons (Fsp3) is 0.556. The van der Waals surface area contributed by atoms with Gasteiger partial charge in [-0.15, -0.1) is 0 Å². The van der Waals surface area contributed by atoms with Gasteiger partial charge >= 0.3 is 6.09 Å². The summed E-state index contributed by atoms with van der Waals surface area (Å²) in [6, 6.07) is 6.23. The van der Waals surface area contributed by atoms with Crippen LogP contribution in [0.25, 0.3) is 0 Å². The molecular formula is C18H25N3O4S. The summed E-state index contributed by atoms with van der Waals surface area (Å²) in [5.41, 5.74) is 0.357. The number of hydrogen-bond acceptors (Lipinski definition) is 5. The number of sulfonamides is 1. The number of amides is 1. The molecule has 7 nitrogen and oxygen atoms in total. The van der Waals surface area contributed by atoms with Gasteiger partial charge in [0.15, 0.2) is 0 Å². The lowest BCUT2D eigenvalue weighted by Crippen LogP contribution is -2.56. The van der Waals surface area contributed by atoms with Gasteiger partial charge in [0.2, 0.25) is 10.0 Å². The lowest BCUT2D eigenvalue weighted by molar-refractivity contribution is 0.00858. The van der Waals surface area contributed by atoms with Crippen LogP contribution in [0, 0.1) is 18.3 Å². The number of nitrogens with zero attached hydrogens (tertiary/aromatic N) is 3. The van der Waals surface area contributed by atoms with Gasteiger partial charge in [-0.3, -0.25) is 0 Å². The van der Waals surface area contributed by atoms with Crippen LogP contribution in [0.1, 0.15) is 38.8 Å². The van der Waals surface area contributed by atoms with E-state index in [0.29, 0.717) is 11.1 Å². The lowest BCUT2D eigenvalue weighted by Gasteiger charge is -2.39. The Morgan fingerprint density at radius 2 is 1.96 bits per heavy atom. The van der Waals surface area contributed by atoms with Gasteiger partial charge in [0.25, 0.3) is 0 Å². The number of ether oxygens (including phenoxy) is 1. The molecule has 0 radical (unpaired) electrons. The second-order valence-corrected chi connectivity index (χ2v) is 9.38. The van der Waals surface area contributed by atoms with Crippen LogP contribution in [0.4, 0.5) is 4.79 Å². The largest absolute Gasteiger partial charge is 0.444 e. The molecule has 1 saturated heterocycles. The minimum absolute atomic E-state index is 0.189. The molecule has 1 atom stereocenters. The van der Waals surface area contributed by atoms with Crippen molar-refractivity contribution >= 4 is 16.1 Å². The molecule has 0 N–H and O–H groups in total. The van der Waals surface area contributed by atoms with Crippen LogP contribution in [0.3, 0.4) is 0 Å². The molecule has 0 spiro atoms. The Morgan fingerprint density at radius 3 is 2.46 bits per heavy atom. The number of benzene rings is 1.